The van der Waals surface area contributed by atoms with Crippen LogP contribution in [0.2, 0.25) is 0 Å². The lowest BCUT2D eigenvalue weighted by Gasteiger charge is -2.22. The second kappa shape index (κ2) is 20.2. The number of benzene rings is 2. The molecule has 0 bridgehead atoms. The van der Waals surface area contributed by atoms with Gasteiger partial charge in [0.25, 0.3) is 0 Å². The Bertz CT molecular complexity index is 947. The molecule has 216 valence electrons. The minimum absolute atomic E-state index is 0.169. The van der Waals surface area contributed by atoms with Crippen molar-refractivity contribution >= 4 is 23.9 Å². The Labute approximate surface area is 227 Å². The quantitative estimate of drug-likeness (QED) is 0.166. The van der Waals surface area contributed by atoms with Gasteiger partial charge in [-0.25, -0.2) is 19.2 Å². The maximum atomic E-state index is 10.3. The van der Waals surface area contributed by atoms with Gasteiger partial charge in [0.2, 0.25) is 0 Å². The number of nitrogens with one attached hydrogen (secondary N) is 1. The molecule has 0 heterocycles. The van der Waals surface area contributed by atoms with Crippen molar-refractivity contribution < 1.29 is 49.4 Å². The number of aliphatic hydroxyl groups is 1. The predicted octanol–water partition coefficient (Wildman–Crippen LogP) is 1.70. The van der Waals surface area contributed by atoms with Crippen LogP contribution in [0.15, 0.2) is 54.6 Å². The molecule has 2 rings (SSSR count). The Morgan fingerprint density at radius 3 is 1.69 bits per heavy atom. The van der Waals surface area contributed by atoms with E-state index >= 15 is 0 Å². The number of likely N-dealkylation sites (N-methyl/N-ethyl adjacent to an activating group) is 1. The van der Waals surface area contributed by atoms with E-state index in [9.17, 15) is 5.11 Å². The molecule has 0 spiro atoms. The zero-order chi connectivity index (χ0) is 29.8. The number of carboxylic acid groups (broad SMARTS) is 4. The van der Waals surface area contributed by atoms with Crippen LogP contribution in [0.1, 0.15) is 36.6 Å². The highest BCUT2D eigenvalue weighted by molar-refractivity contribution is 6.27. The minimum Gasteiger partial charge on any atom is -0.473 e. The Hall–Kier alpha value is -3.84. The topological polar surface area (TPSA) is 194 Å². The molecule has 12 nitrogen and oxygen atoms in total. The van der Waals surface area contributed by atoms with Crippen molar-refractivity contribution in [2.75, 3.05) is 39.3 Å². The van der Waals surface area contributed by atoms with Crippen molar-refractivity contribution in [3.8, 4) is 0 Å². The molecule has 0 saturated carbocycles. The molecule has 6 N–H and O–H groups in total. The third kappa shape index (κ3) is 16.6. The number of hydrogen-bond acceptors (Lipinski definition) is 8. The second-order valence-corrected chi connectivity index (χ2v) is 8.14. The highest BCUT2D eigenvalue weighted by atomic mass is 16.5. The first-order valence-corrected chi connectivity index (χ1v) is 12.2. The number of aliphatic carboxylic acids is 4. The monoisotopic (exact) mass is 550 g/mol. The first-order valence-electron chi connectivity index (χ1n) is 12.2. The summed E-state index contributed by atoms with van der Waals surface area (Å²) in [7, 11) is 0. The Morgan fingerprint density at radius 2 is 1.26 bits per heavy atom. The maximum absolute atomic E-state index is 10.3. The highest BCUT2D eigenvalue weighted by Gasteiger charge is 2.16. The van der Waals surface area contributed by atoms with Gasteiger partial charge in [-0.05, 0) is 31.1 Å². The molecule has 2 aromatic rings. The molecule has 2 unspecified atom stereocenters. The summed E-state index contributed by atoms with van der Waals surface area (Å²) < 4.78 is 6.14. The molecule has 0 fully saturated rings. The summed E-state index contributed by atoms with van der Waals surface area (Å²) in [5, 5.41) is 43.2. The molecule has 0 aliphatic rings. The Balaban J connectivity index is 0.00000100. The van der Waals surface area contributed by atoms with E-state index in [0.717, 1.165) is 37.3 Å². The first kappa shape index (κ1) is 35.2. The average Bonchev–Trinajstić information content (AvgIpc) is 2.91. The van der Waals surface area contributed by atoms with Crippen molar-refractivity contribution in [3.63, 3.8) is 0 Å². The van der Waals surface area contributed by atoms with Gasteiger partial charge in [-0.3, -0.25) is 0 Å². The fourth-order valence-corrected chi connectivity index (χ4v) is 3.07. The molecule has 39 heavy (non-hydrogen) atoms. The van der Waals surface area contributed by atoms with E-state index in [1.54, 1.807) is 0 Å². The van der Waals surface area contributed by atoms with E-state index in [0.29, 0.717) is 13.2 Å². The molecule has 0 aliphatic heterocycles. The molecule has 0 saturated heterocycles. The van der Waals surface area contributed by atoms with E-state index in [-0.39, 0.29) is 6.10 Å². The summed E-state index contributed by atoms with van der Waals surface area (Å²) in [6, 6.07) is 18.6. The van der Waals surface area contributed by atoms with Crippen molar-refractivity contribution in [3.05, 3.63) is 71.3 Å². The van der Waals surface area contributed by atoms with Crippen LogP contribution in [0, 0.1) is 6.92 Å². The van der Waals surface area contributed by atoms with Gasteiger partial charge in [-0.2, -0.15) is 0 Å². The number of nitrogens with zero attached hydrogens (tertiary/aromatic N) is 1. The lowest BCUT2D eigenvalue weighted by atomic mass is 10.0. The van der Waals surface area contributed by atoms with Crippen molar-refractivity contribution in [1.29, 1.82) is 0 Å². The first-order chi connectivity index (χ1) is 18.4. The number of hydrogen-bond donors (Lipinski definition) is 6. The van der Waals surface area contributed by atoms with Crippen LogP contribution in [-0.2, 0) is 23.9 Å². The number of carbonyl (C=O) groups is 4. The lowest BCUT2D eigenvalue weighted by Crippen LogP contribution is -2.36. The fraction of sp³-hybridized carbons (Fsp3) is 0.407. The van der Waals surface area contributed by atoms with Gasteiger partial charge in [0.15, 0.2) is 0 Å². The molecule has 0 radical (unpaired) electrons. The molecular weight excluding hydrogens is 512 g/mol. The van der Waals surface area contributed by atoms with Gasteiger partial charge < -0.3 is 40.5 Å². The van der Waals surface area contributed by atoms with E-state index < -0.39 is 30.0 Å². The van der Waals surface area contributed by atoms with Crippen LogP contribution < -0.4 is 5.32 Å². The van der Waals surface area contributed by atoms with Gasteiger partial charge in [0, 0.05) is 19.6 Å². The minimum atomic E-state index is -1.82. The summed E-state index contributed by atoms with van der Waals surface area (Å²) in [6.45, 7) is 11.2. The molecule has 12 heteroatoms. The number of rotatable bonds is 12. The molecule has 0 aromatic heterocycles. The summed E-state index contributed by atoms with van der Waals surface area (Å²) in [5.41, 5.74) is 3.43. The van der Waals surface area contributed by atoms with Crippen LogP contribution in [-0.4, -0.2) is 99.7 Å². The maximum Gasteiger partial charge on any atom is 0.414 e. The lowest BCUT2D eigenvalue weighted by molar-refractivity contribution is -0.159. The van der Waals surface area contributed by atoms with Crippen LogP contribution >= 0.6 is 0 Å². The van der Waals surface area contributed by atoms with Crippen LogP contribution in [0.25, 0.3) is 0 Å². The molecule has 2 atom stereocenters. The second-order valence-electron chi connectivity index (χ2n) is 8.14. The Kier molecular flexibility index (Phi) is 18.2. The van der Waals surface area contributed by atoms with E-state index in [1.807, 2.05) is 18.2 Å². The number of carboxylic acids is 4. The third-order valence-electron chi connectivity index (χ3n) is 5.18. The van der Waals surface area contributed by atoms with E-state index in [4.69, 9.17) is 44.3 Å². The summed E-state index contributed by atoms with van der Waals surface area (Å²) >= 11 is 0. The largest absolute Gasteiger partial charge is 0.473 e. The van der Waals surface area contributed by atoms with Crippen molar-refractivity contribution in [1.82, 2.24) is 10.2 Å². The summed E-state index contributed by atoms with van der Waals surface area (Å²) in [5.74, 6) is -7.30. The van der Waals surface area contributed by atoms with Gasteiger partial charge in [0.1, 0.15) is 6.10 Å². The number of aryl methyl sites for hydroxylation is 1. The molecule has 0 amide bonds. The molecule has 0 aliphatic carbocycles. The van der Waals surface area contributed by atoms with Crippen molar-refractivity contribution in [2.24, 2.45) is 0 Å². The molecular formula is C27H38N2O10. The summed E-state index contributed by atoms with van der Waals surface area (Å²) in [6.07, 6.45) is -0.699. The smallest absolute Gasteiger partial charge is 0.414 e. The zero-order valence-corrected chi connectivity index (χ0v) is 22.3. The predicted molar refractivity (Wildman–Crippen MR) is 143 cm³/mol. The standard InChI is InChI=1S/C23H34N2O2.2C2H2O4/c1-4-25(5-2)16-15-24-17-22(26)18-27-23(20-9-7-6-8-10-20)21-13-11-19(3)12-14-21;2*3-1(4)2(5)6/h6-14,22-24,26H,4-5,15-18H2,1-3H3;2*(H,3,4)(H,5,6). The van der Waals surface area contributed by atoms with Crippen LogP contribution in [0.5, 0.6) is 0 Å². The number of aliphatic hydroxyl groups excluding tert-OH is 1. The summed E-state index contributed by atoms with van der Waals surface area (Å²) in [4.78, 5) is 38.8. The SMILES string of the molecule is CCN(CC)CCNCC(O)COC(c1ccccc1)c1ccc(C)cc1.O=C(O)C(=O)O.O=C(O)C(=O)O. The number of ether oxygens (including phenoxy) is 1. The van der Waals surface area contributed by atoms with Crippen molar-refractivity contribution in [2.45, 2.75) is 33.0 Å². The van der Waals surface area contributed by atoms with E-state index in [1.165, 1.54) is 5.56 Å². The average molecular weight is 551 g/mol. The molecule has 2 aromatic carbocycles. The fourth-order valence-electron chi connectivity index (χ4n) is 3.07. The van der Waals surface area contributed by atoms with Gasteiger partial charge in [-0.15, -0.1) is 0 Å². The van der Waals surface area contributed by atoms with Gasteiger partial charge in [0.05, 0.1) is 12.7 Å². The van der Waals surface area contributed by atoms with Crippen LogP contribution in [0.4, 0.5) is 0 Å². The zero-order valence-electron chi connectivity index (χ0n) is 22.3. The van der Waals surface area contributed by atoms with Crippen LogP contribution in [0.3, 0.4) is 0 Å². The normalized spacial score (nSPS) is 11.7. The van der Waals surface area contributed by atoms with Gasteiger partial charge in [-0.1, -0.05) is 74.0 Å². The highest BCUT2D eigenvalue weighted by Crippen LogP contribution is 2.26. The Morgan fingerprint density at radius 1 is 0.795 bits per heavy atom. The van der Waals surface area contributed by atoms with Gasteiger partial charge >= 0.3 is 23.9 Å². The van der Waals surface area contributed by atoms with E-state index in [2.05, 4.69) is 67.4 Å². The third-order valence-corrected chi connectivity index (χ3v) is 5.18.